The van der Waals surface area contributed by atoms with Crippen LogP contribution in [0.1, 0.15) is 27.6 Å². The number of anilines is 1. The first-order chi connectivity index (χ1) is 19.8. The van der Waals surface area contributed by atoms with Gasteiger partial charge in [0.1, 0.15) is 11.3 Å². The third kappa shape index (κ3) is 4.71. The molecule has 41 heavy (non-hydrogen) atoms. The van der Waals surface area contributed by atoms with E-state index < -0.39 is 16.9 Å². The standard InChI is InChI=1S/C29H24ClN5O6/c1-32-6-8-33(9-7-32)29(37)41-25-13-23-27(22-10-17(15-31)2-4-21(22)25)19(14-30)16-34(23)28(36)26-12-18-11-20(35(38)39)3-5-24(18)40-26/h2-5,10-13,19H,6-9,14,16H2,1H3. The monoisotopic (exact) mass is 573 g/mol. The molecule has 0 N–H and O–H groups in total. The van der Waals surface area contributed by atoms with Gasteiger partial charge in [-0.3, -0.25) is 14.9 Å². The number of rotatable bonds is 4. The smallest absolute Gasteiger partial charge is 0.415 e. The number of carbonyl (C=O) groups is 2. The number of nitrogens with zero attached hydrogens (tertiary/aromatic N) is 5. The Morgan fingerprint density at radius 1 is 1.12 bits per heavy atom. The molecule has 1 atom stereocenters. The molecule has 2 amide bonds. The quantitative estimate of drug-likeness (QED) is 0.187. The van der Waals surface area contributed by atoms with E-state index in [4.69, 9.17) is 20.8 Å². The van der Waals surface area contributed by atoms with Gasteiger partial charge in [-0.1, -0.05) is 0 Å². The van der Waals surface area contributed by atoms with Crippen LogP contribution in [-0.2, 0) is 0 Å². The number of fused-ring (bicyclic) bond motifs is 4. The fraction of sp³-hybridized carbons (Fsp3) is 0.276. The Morgan fingerprint density at radius 2 is 1.90 bits per heavy atom. The van der Waals surface area contributed by atoms with Crippen molar-refractivity contribution in [2.75, 3.05) is 50.6 Å². The van der Waals surface area contributed by atoms with Crippen LogP contribution in [0.25, 0.3) is 21.7 Å². The Bertz CT molecular complexity index is 1770. The van der Waals surface area contributed by atoms with Gasteiger partial charge in [0.2, 0.25) is 0 Å². The van der Waals surface area contributed by atoms with Crippen molar-refractivity contribution >= 4 is 56.7 Å². The molecule has 208 valence electrons. The van der Waals surface area contributed by atoms with Crippen LogP contribution in [0.2, 0.25) is 0 Å². The van der Waals surface area contributed by atoms with Crippen molar-refractivity contribution in [2.24, 2.45) is 0 Å². The molecule has 2 aliphatic rings. The Morgan fingerprint density at radius 3 is 2.61 bits per heavy atom. The lowest BCUT2D eigenvalue weighted by molar-refractivity contribution is -0.384. The van der Waals surface area contributed by atoms with Gasteiger partial charge in [0, 0.05) is 73.5 Å². The second-order valence-corrected chi connectivity index (χ2v) is 10.5. The fourth-order valence-corrected chi connectivity index (χ4v) is 5.72. The second kappa shape index (κ2) is 10.4. The van der Waals surface area contributed by atoms with Gasteiger partial charge in [-0.05, 0) is 48.3 Å². The Labute approximate surface area is 239 Å². The van der Waals surface area contributed by atoms with E-state index in [1.165, 1.54) is 29.2 Å². The molecule has 3 aromatic carbocycles. The summed E-state index contributed by atoms with van der Waals surface area (Å²) in [5.74, 6) is -0.260. The zero-order valence-corrected chi connectivity index (χ0v) is 22.8. The lowest BCUT2D eigenvalue weighted by atomic mass is 9.94. The zero-order valence-electron chi connectivity index (χ0n) is 22.0. The van der Waals surface area contributed by atoms with Crippen molar-refractivity contribution in [3.8, 4) is 11.8 Å². The summed E-state index contributed by atoms with van der Waals surface area (Å²) in [4.78, 5) is 42.9. The average Bonchev–Trinajstić information content (AvgIpc) is 3.58. The number of hydrogen-bond acceptors (Lipinski definition) is 8. The summed E-state index contributed by atoms with van der Waals surface area (Å²) >= 11 is 6.39. The molecule has 1 fully saturated rings. The fourth-order valence-electron chi connectivity index (χ4n) is 5.46. The molecular formula is C29H24ClN5O6. The highest BCUT2D eigenvalue weighted by atomic mass is 35.5. The van der Waals surface area contributed by atoms with Gasteiger partial charge in [0.15, 0.2) is 5.76 Å². The predicted octanol–water partition coefficient (Wildman–Crippen LogP) is 5.09. The number of hydrogen-bond donors (Lipinski definition) is 0. The van der Waals surface area contributed by atoms with E-state index in [0.29, 0.717) is 46.1 Å². The van der Waals surface area contributed by atoms with Crippen LogP contribution >= 0.6 is 11.6 Å². The zero-order chi connectivity index (χ0) is 28.8. The number of benzene rings is 3. The van der Waals surface area contributed by atoms with E-state index in [1.54, 1.807) is 29.2 Å². The number of ether oxygens (including phenoxy) is 1. The molecule has 0 radical (unpaired) electrons. The first-order valence-electron chi connectivity index (χ1n) is 13.0. The van der Waals surface area contributed by atoms with Crippen LogP contribution < -0.4 is 9.64 Å². The van der Waals surface area contributed by atoms with Gasteiger partial charge in [-0.15, -0.1) is 11.6 Å². The van der Waals surface area contributed by atoms with Gasteiger partial charge in [0.25, 0.3) is 11.6 Å². The highest BCUT2D eigenvalue weighted by Crippen LogP contribution is 2.46. The molecule has 1 saturated heterocycles. The topological polar surface area (TPSA) is 133 Å². The highest BCUT2D eigenvalue weighted by Gasteiger charge is 2.37. The molecule has 1 aromatic heterocycles. The van der Waals surface area contributed by atoms with Gasteiger partial charge >= 0.3 is 6.09 Å². The number of alkyl halides is 1. The number of amides is 2. The van der Waals surface area contributed by atoms with Crippen LogP contribution in [0.5, 0.6) is 5.75 Å². The van der Waals surface area contributed by atoms with Crippen molar-refractivity contribution in [3.05, 3.63) is 75.5 Å². The lowest BCUT2D eigenvalue weighted by Gasteiger charge is -2.31. The molecule has 2 aliphatic heterocycles. The maximum Gasteiger partial charge on any atom is 0.415 e. The predicted molar refractivity (Wildman–Crippen MR) is 152 cm³/mol. The summed E-state index contributed by atoms with van der Waals surface area (Å²) in [6, 6.07) is 14.5. The number of likely N-dealkylation sites (N-methyl/N-ethyl adjacent to an activating group) is 1. The van der Waals surface area contributed by atoms with Crippen molar-refractivity contribution in [1.29, 1.82) is 5.26 Å². The minimum absolute atomic E-state index is 0.00326. The normalized spacial score (nSPS) is 17.0. The van der Waals surface area contributed by atoms with Crippen molar-refractivity contribution in [3.63, 3.8) is 0 Å². The largest absolute Gasteiger partial charge is 0.451 e. The third-order valence-electron chi connectivity index (χ3n) is 7.66. The minimum Gasteiger partial charge on any atom is -0.451 e. The SMILES string of the molecule is CN1CCN(C(=O)Oc2cc3c(c4cc(C#N)ccc24)C(CCl)CN3C(=O)c2cc3cc([N+](=O)[O-])ccc3o2)CC1. The van der Waals surface area contributed by atoms with E-state index in [9.17, 15) is 25.0 Å². The Kier molecular flexibility index (Phi) is 6.73. The van der Waals surface area contributed by atoms with Gasteiger partial charge in [0.05, 0.1) is 22.2 Å². The minimum atomic E-state index is -0.513. The molecule has 0 spiro atoms. The van der Waals surface area contributed by atoms with Crippen LogP contribution in [0.4, 0.5) is 16.2 Å². The number of nitriles is 1. The molecule has 6 rings (SSSR count). The summed E-state index contributed by atoms with van der Waals surface area (Å²) in [6.07, 6.45) is -0.493. The van der Waals surface area contributed by atoms with E-state index in [-0.39, 0.29) is 35.5 Å². The molecule has 4 aromatic rings. The Balaban J connectivity index is 1.43. The number of furan rings is 1. The lowest BCUT2D eigenvalue weighted by Crippen LogP contribution is -2.48. The summed E-state index contributed by atoms with van der Waals surface area (Å²) in [5.41, 5.74) is 1.91. The molecule has 1 unspecified atom stereocenters. The summed E-state index contributed by atoms with van der Waals surface area (Å²) < 4.78 is 11.7. The number of nitro benzene ring substituents is 1. The van der Waals surface area contributed by atoms with Gasteiger partial charge in [-0.2, -0.15) is 5.26 Å². The van der Waals surface area contributed by atoms with Crippen molar-refractivity contribution in [1.82, 2.24) is 9.80 Å². The average molecular weight is 574 g/mol. The van der Waals surface area contributed by atoms with Crippen LogP contribution in [0.3, 0.4) is 0 Å². The molecule has 0 saturated carbocycles. The number of halogens is 1. The van der Waals surface area contributed by atoms with Crippen molar-refractivity contribution < 1.29 is 23.7 Å². The van der Waals surface area contributed by atoms with Crippen LogP contribution in [0.15, 0.2) is 52.9 Å². The van der Waals surface area contributed by atoms with E-state index >= 15 is 0 Å². The van der Waals surface area contributed by atoms with E-state index in [2.05, 4.69) is 11.0 Å². The molecular weight excluding hydrogens is 550 g/mol. The number of piperazine rings is 1. The van der Waals surface area contributed by atoms with E-state index in [1.807, 2.05) is 7.05 Å². The molecule has 12 heteroatoms. The number of nitro groups is 1. The summed E-state index contributed by atoms with van der Waals surface area (Å²) in [7, 11) is 1.99. The van der Waals surface area contributed by atoms with Gasteiger partial charge < -0.3 is 23.9 Å². The molecule has 3 heterocycles. The molecule has 11 nitrogen and oxygen atoms in total. The van der Waals surface area contributed by atoms with Crippen LogP contribution in [0, 0.1) is 21.4 Å². The first kappa shape index (κ1) is 26.6. The third-order valence-corrected chi connectivity index (χ3v) is 8.03. The Hall–Kier alpha value is -4.66. The van der Waals surface area contributed by atoms with Crippen molar-refractivity contribution in [2.45, 2.75) is 5.92 Å². The maximum absolute atomic E-state index is 13.8. The number of non-ortho nitro benzene ring substituents is 1. The maximum atomic E-state index is 13.8. The second-order valence-electron chi connectivity index (χ2n) is 10.2. The molecule has 0 aliphatic carbocycles. The van der Waals surface area contributed by atoms with Gasteiger partial charge in [-0.25, -0.2) is 4.79 Å². The number of carbonyl (C=O) groups excluding carboxylic acids is 2. The van der Waals surface area contributed by atoms with E-state index in [0.717, 1.165) is 18.7 Å². The van der Waals surface area contributed by atoms with Crippen LogP contribution in [-0.4, -0.2) is 72.4 Å². The highest BCUT2D eigenvalue weighted by molar-refractivity contribution is 6.19. The molecule has 0 bridgehead atoms. The first-order valence-corrected chi connectivity index (χ1v) is 13.5. The summed E-state index contributed by atoms with van der Waals surface area (Å²) in [6.45, 7) is 2.74. The summed E-state index contributed by atoms with van der Waals surface area (Å²) in [5, 5.41) is 22.5.